The highest BCUT2D eigenvalue weighted by Gasteiger charge is 2.15. The average Bonchev–Trinajstić information content (AvgIpc) is 2.74. The largest absolute Gasteiger partial charge is 0.353 e. The minimum absolute atomic E-state index is 0.0782. The fraction of sp³-hybridized carbons (Fsp3) is 0.545. The predicted molar refractivity (Wildman–Crippen MR) is 73.6 cm³/mol. The predicted octanol–water partition coefficient (Wildman–Crippen LogP) is 2.52. The molecule has 0 aliphatic rings. The molecular formula is C11H16ClNO3S2. The summed E-state index contributed by atoms with van der Waals surface area (Å²) in [6, 6.07) is 3.22. The van der Waals surface area contributed by atoms with E-state index < -0.39 is 9.05 Å². The van der Waals surface area contributed by atoms with E-state index in [0.29, 0.717) is 4.88 Å². The standard InChI is InChI=1S/C11H16ClNO3S2/c1-3-8(4-2)13-10(14)7-9-5-6-11(17-9)18(12,15)16/h5-6,8H,3-4,7H2,1-2H3,(H,13,14). The molecule has 0 radical (unpaired) electrons. The molecule has 0 aliphatic heterocycles. The second kappa shape index (κ2) is 6.54. The molecule has 0 spiro atoms. The van der Waals surface area contributed by atoms with Crippen LogP contribution in [0.15, 0.2) is 16.3 Å². The molecule has 1 aromatic rings. The van der Waals surface area contributed by atoms with Gasteiger partial charge in [0, 0.05) is 21.6 Å². The van der Waals surface area contributed by atoms with Crippen LogP contribution in [0, 0.1) is 0 Å². The second-order valence-electron chi connectivity index (χ2n) is 3.92. The van der Waals surface area contributed by atoms with Crippen molar-refractivity contribution in [2.45, 2.75) is 43.4 Å². The fourth-order valence-electron chi connectivity index (χ4n) is 1.51. The molecule has 0 aliphatic carbocycles. The lowest BCUT2D eigenvalue weighted by Crippen LogP contribution is -2.34. The summed E-state index contributed by atoms with van der Waals surface area (Å²) in [7, 11) is 1.53. The Kier molecular flexibility index (Phi) is 5.62. The molecule has 0 aromatic carbocycles. The lowest BCUT2D eigenvalue weighted by Gasteiger charge is -2.13. The maximum absolute atomic E-state index is 11.7. The van der Waals surface area contributed by atoms with Crippen molar-refractivity contribution in [2.24, 2.45) is 0 Å². The summed E-state index contributed by atoms with van der Waals surface area (Å²) in [5, 5.41) is 2.90. The van der Waals surface area contributed by atoms with Gasteiger partial charge in [0.05, 0.1) is 6.42 Å². The number of hydrogen-bond acceptors (Lipinski definition) is 4. The van der Waals surface area contributed by atoms with Crippen LogP contribution in [0.25, 0.3) is 0 Å². The number of halogens is 1. The lowest BCUT2D eigenvalue weighted by atomic mass is 10.1. The van der Waals surface area contributed by atoms with Gasteiger partial charge in [-0.1, -0.05) is 13.8 Å². The molecule has 1 N–H and O–H groups in total. The zero-order chi connectivity index (χ0) is 13.8. The summed E-state index contributed by atoms with van der Waals surface area (Å²) in [5.74, 6) is -0.0935. The van der Waals surface area contributed by atoms with Crippen molar-refractivity contribution >= 4 is 37.0 Å². The van der Waals surface area contributed by atoms with E-state index in [4.69, 9.17) is 10.7 Å². The van der Waals surface area contributed by atoms with Gasteiger partial charge < -0.3 is 5.32 Å². The lowest BCUT2D eigenvalue weighted by molar-refractivity contribution is -0.121. The maximum Gasteiger partial charge on any atom is 0.270 e. The van der Waals surface area contributed by atoms with Crippen LogP contribution < -0.4 is 5.32 Å². The second-order valence-corrected chi connectivity index (χ2v) is 7.88. The summed E-state index contributed by atoms with van der Waals surface area (Å²) < 4.78 is 22.2. The third-order valence-electron chi connectivity index (χ3n) is 2.56. The number of thiophene rings is 1. The van der Waals surface area contributed by atoms with Gasteiger partial charge in [-0.05, 0) is 25.0 Å². The molecule has 0 saturated heterocycles. The first-order valence-corrected chi connectivity index (χ1v) is 8.82. The molecule has 0 atom stereocenters. The summed E-state index contributed by atoms with van der Waals surface area (Å²) in [5.41, 5.74) is 0. The van der Waals surface area contributed by atoms with Gasteiger partial charge in [-0.2, -0.15) is 0 Å². The zero-order valence-electron chi connectivity index (χ0n) is 10.3. The van der Waals surface area contributed by atoms with Gasteiger partial charge in [-0.3, -0.25) is 4.79 Å². The van der Waals surface area contributed by atoms with Gasteiger partial charge in [0.2, 0.25) is 5.91 Å². The van der Waals surface area contributed by atoms with Gasteiger partial charge >= 0.3 is 0 Å². The Bertz CT molecular complexity index is 506. The van der Waals surface area contributed by atoms with Crippen LogP contribution in [0.1, 0.15) is 31.6 Å². The van der Waals surface area contributed by atoms with Gasteiger partial charge in [0.15, 0.2) is 0 Å². The average molecular weight is 310 g/mol. The molecule has 1 amide bonds. The van der Waals surface area contributed by atoms with Crippen LogP contribution >= 0.6 is 22.0 Å². The van der Waals surface area contributed by atoms with Crippen LogP contribution in [0.3, 0.4) is 0 Å². The molecule has 1 heterocycles. The highest BCUT2D eigenvalue weighted by Crippen LogP contribution is 2.25. The van der Waals surface area contributed by atoms with E-state index in [1.807, 2.05) is 13.8 Å². The minimum atomic E-state index is -3.69. The van der Waals surface area contributed by atoms with Gasteiger partial charge in [-0.15, -0.1) is 11.3 Å². The van der Waals surface area contributed by atoms with Crippen molar-refractivity contribution in [3.05, 3.63) is 17.0 Å². The number of nitrogens with one attached hydrogen (secondary N) is 1. The molecule has 7 heteroatoms. The monoisotopic (exact) mass is 309 g/mol. The highest BCUT2D eigenvalue weighted by atomic mass is 35.7. The Labute approximate surface area is 116 Å². The summed E-state index contributed by atoms with van der Waals surface area (Å²) in [6.07, 6.45) is 1.95. The van der Waals surface area contributed by atoms with Gasteiger partial charge in [-0.25, -0.2) is 8.42 Å². The van der Waals surface area contributed by atoms with E-state index in [1.165, 1.54) is 6.07 Å². The van der Waals surface area contributed by atoms with Crippen LogP contribution in [0.2, 0.25) is 0 Å². The minimum Gasteiger partial charge on any atom is -0.353 e. The van der Waals surface area contributed by atoms with E-state index in [0.717, 1.165) is 24.2 Å². The number of carbonyl (C=O) groups excluding carboxylic acids is 1. The van der Waals surface area contributed by atoms with Crippen LogP contribution in [-0.4, -0.2) is 20.4 Å². The van der Waals surface area contributed by atoms with Gasteiger partial charge in [0.25, 0.3) is 9.05 Å². The Morgan fingerprint density at radius 3 is 2.44 bits per heavy atom. The summed E-state index contributed by atoms with van der Waals surface area (Å²) in [4.78, 5) is 12.4. The quantitative estimate of drug-likeness (QED) is 0.821. The van der Waals surface area contributed by atoms with E-state index in [9.17, 15) is 13.2 Å². The number of hydrogen-bond donors (Lipinski definition) is 1. The van der Waals surface area contributed by atoms with Crippen LogP contribution in [-0.2, 0) is 20.3 Å². The Morgan fingerprint density at radius 2 is 2.00 bits per heavy atom. The van der Waals surface area contributed by atoms with Crippen molar-refractivity contribution in [1.29, 1.82) is 0 Å². The molecule has 18 heavy (non-hydrogen) atoms. The van der Waals surface area contributed by atoms with E-state index in [2.05, 4.69) is 5.32 Å². The van der Waals surface area contributed by atoms with Crippen molar-refractivity contribution < 1.29 is 13.2 Å². The molecule has 0 saturated carbocycles. The molecular weight excluding hydrogens is 294 g/mol. The van der Waals surface area contributed by atoms with E-state index >= 15 is 0 Å². The molecule has 102 valence electrons. The Morgan fingerprint density at radius 1 is 1.39 bits per heavy atom. The molecule has 1 rings (SSSR count). The van der Waals surface area contributed by atoms with Crippen molar-refractivity contribution in [3.63, 3.8) is 0 Å². The van der Waals surface area contributed by atoms with Crippen molar-refractivity contribution in [3.8, 4) is 0 Å². The topological polar surface area (TPSA) is 63.2 Å². The molecule has 0 fully saturated rings. The van der Waals surface area contributed by atoms with E-state index in [-0.39, 0.29) is 22.6 Å². The first-order valence-electron chi connectivity index (χ1n) is 5.69. The maximum atomic E-state index is 11.7. The SMILES string of the molecule is CCC(CC)NC(=O)Cc1ccc(S(=O)(=O)Cl)s1. The number of carbonyl (C=O) groups is 1. The Hall–Kier alpha value is -0.590. The fourth-order valence-corrected chi connectivity index (χ4v) is 3.64. The molecule has 4 nitrogen and oxygen atoms in total. The van der Waals surface area contributed by atoms with Crippen molar-refractivity contribution in [1.82, 2.24) is 5.32 Å². The normalized spacial score (nSPS) is 11.8. The highest BCUT2D eigenvalue weighted by molar-refractivity contribution is 8.15. The number of rotatable bonds is 6. The number of amides is 1. The van der Waals surface area contributed by atoms with Gasteiger partial charge in [0.1, 0.15) is 4.21 Å². The smallest absolute Gasteiger partial charge is 0.270 e. The first kappa shape index (κ1) is 15.5. The first-order chi connectivity index (χ1) is 8.36. The summed E-state index contributed by atoms with van der Waals surface area (Å²) >= 11 is 1.03. The third-order valence-corrected chi connectivity index (χ3v) is 5.74. The molecule has 1 aromatic heterocycles. The van der Waals surface area contributed by atoms with E-state index in [1.54, 1.807) is 6.07 Å². The summed E-state index contributed by atoms with van der Waals surface area (Å²) in [6.45, 7) is 4.02. The van der Waals surface area contributed by atoms with Crippen molar-refractivity contribution in [2.75, 3.05) is 0 Å². The molecule has 0 bridgehead atoms. The third kappa shape index (κ3) is 4.59. The Balaban J connectivity index is 2.63. The van der Waals surface area contributed by atoms with Crippen LogP contribution in [0.5, 0.6) is 0 Å². The zero-order valence-corrected chi connectivity index (χ0v) is 12.7. The van der Waals surface area contributed by atoms with Crippen LogP contribution in [0.4, 0.5) is 0 Å². The molecule has 0 unspecified atom stereocenters.